The van der Waals surface area contributed by atoms with E-state index in [2.05, 4.69) is 5.48 Å². The van der Waals surface area contributed by atoms with E-state index in [0.29, 0.717) is 0 Å². The van der Waals surface area contributed by atoms with E-state index in [1.807, 2.05) is 30.3 Å². The van der Waals surface area contributed by atoms with Gasteiger partial charge in [-0.15, -0.1) is 0 Å². The van der Waals surface area contributed by atoms with Crippen molar-refractivity contribution in [3.8, 4) is 0 Å². The van der Waals surface area contributed by atoms with Crippen molar-refractivity contribution in [2.45, 2.75) is 25.2 Å². The third kappa shape index (κ3) is 5.00. The number of hydroxylamine groups is 1. The lowest BCUT2D eigenvalue weighted by Gasteiger charge is -2.23. The second-order valence-corrected chi connectivity index (χ2v) is 5.11. The number of amides is 2. The van der Waals surface area contributed by atoms with E-state index in [1.165, 1.54) is 0 Å². The normalized spacial score (nSPS) is 17.0. The van der Waals surface area contributed by atoms with E-state index in [4.69, 9.17) is 14.7 Å². The molecule has 0 unspecified atom stereocenters. The minimum absolute atomic E-state index is 0.162. The van der Waals surface area contributed by atoms with Crippen LogP contribution in [0.25, 0.3) is 0 Å². The van der Waals surface area contributed by atoms with Crippen molar-refractivity contribution in [1.29, 1.82) is 0 Å². The largest absolute Gasteiger partial charge is 0.447 e. The van der Waals surface area contributed by atoms with Crippen LogP contribution in [0.1, 0.15) is 12.0 Å². The van der Waals surface area contributed by atoms with Crippen molar-refractivity contribution in [2.75, 3.05) is 19.8 Å². The van der Waals surface area contributed by atoms with Crippen molar-refractivity contribution in [3.63, 3.8) is 0 Å². The molecule has 0 saturated carbocycles. The minimum atomic E-state index is -1.20. The Balaban J connectivity index is 1.86. The van der Waals surface area contributed by atoms with Crippen molar-refractivity contribution in [1.82, 2.24) is 10.4 Å². The van der Waals surface area contributed by atoms with Crippen molar-refractivity contribution < 1.29 is 29.4 Å². The Morgan fingerprint density at radius 3 is 2.74 bits per heavy atom. The highest BCUT2D eigenvalue weighted by molar-refractivity contribution is 5.93. The van der Waals surface area contributed by atoms with Gasteiger partial charge in [-0.25, -0.2) is 9.69 Å². The molecular formula is C15H20N2O6. The molecule has 0 aliphatic carbocycles. The zero-order chi connectivity index (χ0) is 16.7. The summed E-state index contributed by atoms with van der Waals surface area (Å²) in [4.78, 5) is 29.7. The van der Waals surface area contributed by atoms with Gasteiger partial charge in [-0.1, -0.05) is 30.3 Å². The average Bonchev–Trinajstić information content (AvgIpc) is 3.00. The van der Waals surface area contributed by atoms with E-state index in [-0.39, 0.29) is 26.2 Å². The summed E-state index contributed by atoms with van der Waals surface area (Å²) < 4.78 is 4.70. The third-order valence-corrected chi connectivity index (χ3v) is 3.42. The number of hydrogen-bond donors (Lipinski definition) is 3. The Morgan fingerprint density at radius 2 is 2.13 bits per heavy atom. The number of nitrogens with one attached hydrogen (secondary N) is 1. The van der Waals surface area contributed by atoms with Crippen molar-refractivity contribution >= 4 is 12.0 Å². The van der Waals surface area contributed by atoms with E-state index < -0.39 is 30.8 Å². The summed E-state index contributed by atoms with van der Waals surface area (Å²) in [5.41, 5.74) is 3.49. The lowest BCUT2D eigenvalue weighted by Crippen LogP contribution is -2.46. The summed E-state index contributed by atoms with van der Waals surface area (Å²) >= 11 is 0. The van der Waals surface area contributed by atoms with Gasteiger partial charge in [0.05, 0.1) is 31.9 Å². The van der Waals surface area contributed by atoms with Crippen LogP contribution < -0.4 is 5.48 Å². The summed E-state index contributed by atoms with van der Waals surface area (Å²) in [6, 6.07) is 8.49. The number of aliphatic hydroxyl groups is 2. The average molecular weight is 324 g/mol. The summed E-state index contributed by atoms with van der Waals surface area (Å²) in [5.74, 6) is -0.499. The van der Waals surface area contributed by atoms with Gasteiger partial charge in [-0.3, -0.25) is 9.63 Å². The maximum Gasteiger partial charge on any atom is 0.416 e. The standard InChI is InChI=1S/C15H20N2O6/c18-9-13(19)12(8-14(20)17-6-7-22-15(17)21)16-23-10-11-4-2-1-3-5-11/h1-5,12-13,16,18-19H,6-10H2/t12-,13-/m1/s1. The van der Waals surface area contributed by atoms with Crippen LogP contribution >= 0.6 is 0 Å². The molecule has 0 radical (unpaired) electrons. The van der Waals surface area contributed by atoms with Crippen LogP contribution in [0.5, 0.6) is 0 Å². The Morgan fingerprint density at radius 1 is 1.39 bits per heavy atom. The van der Waals surface area contributed by atoms with Crippen molar-refractivity contribution in [3.05, 3.63) is 35.9 Å². The summed E-state index contributed by atoms with van der Waals surface area (Å²) in [7, 11) is 0. The zero-order valence-corrected chi connectivity index (χ0v) is 12.6. The number of carbonyl (C=O) groups is 2. The number of cyclic esters (lactones) is 1. The predicted molar refractivity (Wildman–Crippen MR) is 78.9 cm³/mol. The van der Waals surface area contributed by atoms with Gasteiger partial charge in [-0.2, -0.15) is 5.48 Å². The molecule has 3 N–H and O–H groups in total. The third-order valence-electron chi connectivity index (χ3n) is 3.42. The Hall–Kier alpha value is -2.00. The first-order chi connectivity index (χ1) is 11.1. The highest BCUT2D eigenvalue weighted by Crippen LogP contribution is 2.10. The van der Waals surface area contributed by atoms with Gasteiger partial charge in [0.2, 0.25) is 5.91 Å². The van der Waals surface area contributed by atoms with Crippen LogP contribution in [0, 0.1) is 0 Å². The maximum atomic E-state index is 12.1. The van der Waals surface area contributed by atoms with Gasteiger partial charge >= 0.3 is 6.09 Å². The monoisotopic (exact) mass is 324 g/mol. The molecule has 23 heavy (non-hydrogen) atoms. The fourth-order valence-electron chi connectivity index (χ4n) is 2.11. The number of ether oxygens (including phenoxy) is 1. The molecule has 0 aromatic heterocycles. The van der Waals surface area contributed by atoms with Crippen LogP contribution in [0.3, 0.4) is 0 Å². The Bertz CT molecular complexity index is 524. The van der Waals surface area contributed by atoms with Crippen LogP contribution in [-0.4, -0.2) is 59.0 Å². The summed E-state index contributed by atoms with van der Waals surface area (Å²) in [6.45, 7) is 0.0414. The van der Waals surface area contributed by atoms with Crippen LogP contribution in [-0.2, 0) is 21.0 Å². The van der Waals surface area contributed by atoms with Crippen molar-refractivity contribution in [2.24, 2.45) is 0 Å². The molecule has 8 nitrogen and oxygen atoms in total. The van der Waals surface area contributed by atoms with Crippen LogP contribution in [0.15, 0.2) is 30.3 Å². The highest BCUT2D eigenvalue weighted by Gasteiger charge is 2.32. The number of aliphatic hydroxyl groups excluding tert-OH is 2. The van der Waals surface area contributed by atoms with E-state index in [1.54, 1.807) is 0 Å². The van der Waals surface area contributed by atoms with Gasteiger partial charge < -0.3 is 14.9 Å². The molecule has 0 spiro atoms. The van der Waals surface area contributed by atoms with Gasteiger partial charge in [0.15, 0.2) is 0 Å². The molecule has 126 valence electrons. The van der Waals surface area contributed by atoms with Gasteiger partial charge in [0.1, 0.15) is 6.61 Å². The molecule has 1 aromatic carbocycles. The molecule has 2 amide bonds. The Kier molecular flexibility index (Phi) is 6.48. The first-order valence-corrected chi connectivity index (χ1v) is 7.29. The van der Waals surface area contributed by atoms with E-state index in [9.17, 15) is 14.7 Å². The number of nitrogens with zero attached hydrogens (tertiary/aromatic N) is 1. The van der Waals surface area contributed by atoms with Gasteiger partial charge in [-0.05, 0) is 5.56 Å². The summed E-state index contributed by atoms with van der Waals surface area (Å²) in [5, 5.41) is 18.9. The molecule has 2 atom stereocenters. The number of imide groups is 1. The SMILES string of the molecule is O=C(C[C@@H](NOCc1ccccc1)[C@H](O)CO)N1CCOC1=O. The highest BCUT2D eigenvalue weighted by atomic mass is 16.6. The number of carbonyl (C=O) groups excluding carboxylic acids is 2. The maximum absolute atomic E-state index is 12.1. The second kappa shape index (κ2) is 8.59. The molecule has 2 rings (SSSR count). The molecule has 8 heteroatoms. The van der Waals surface area contributed by atoms with E-state index in [0.717, 1.165) is 10.5 Å². The number of rotatable bonds is 8. The van der Waals surface area contributed by atoms with Crippen LogP contribution in [0.4, 0.5) is 4.79 Å². The van der Waals surface area contributed by atoms with Gasteiger partial charge in [0, 0.05) is 6.42 Å². The molecule has 1 heterocycles. The number of benzene rings is 1. The second-order valence-electron chi connectivity index (χ2n) is 5.11. The van der Waals surface area contributed by atoms with E-state index >= 15 is 0 Å². The first-order valence-electron chi connectivity index (χ1n) is 7.29. The topological polar surface area (TPSA) is 108 Å². The predicted octanol–water partition coefficient (Wildman–Crippen LogP) is -0.202. The zero-order valence-electron chi connectivity index (χ0n) is 12.6. The molecule has 1 aliphatic rings. The molecule has 1 aliphatic heterocycles. The molecule has 1 fully saturated rings. The van der Waals surface area contributed by atoms with Gasteiger partial charge in [0.25, 0.3) is 0 Å². The smallest absolute Gasteiger partial charge is 0.416 e. The fraction of sp³-hybridized carbons (Fsp3) is 0.467. The quantitative estimate of drug-likeness (QED) is 0.568. The minimum Gasteiger partial charge on any atom is -0.447 e. The van der Waals surface area contributed by atoms with Crippen LogP contribution in [0.2, 0.25) is 0 Å². The number of hydrogen-bond acceptors (Lipinski definition) is 7. The Labute approximate surface area is 133 Å². The first kappa shape index (κ1) is 17.4. The lowest BCUT2D eigenvalue weighted by atomic mass is 10.1. The summed E-state index contributed by atoms with van der Waals surface area (Å²) in [6.07, 6.45) is -2.10. The molecular weight excluding hydrogens is 304 g/mol. The fourth-order valence-corrected chi connectivity index (χ4v) is 2.11. The molecule has 0 bridgehead atoms. The molecule has 1 saturated heterocycles. The lowest BCUT2D eigenvalue weighted by molar-refractivity contribution is -0.131. The molecule has 1 aromatic rings.